The summed E-state index contributed by atoms with van der Waals surface area (Å²) in [6.45, 7) is 5.41. The molecular weight excluding hydrogens is 294 g/mol. The largest absolute Gasteiger partial charge is 0.392 e. The van der Waals surface area contributed by atoms with Gasteiger partial charge in [0.25, 0.3) is 10.2 Å². The number of nitrogens with two attached hydrogens (primary N) is 1. The Hall–Kier alpha value is -0.240. The molecule has 0 aromatic heterocycles. The lowest BCUT2D eigenvalue weighted by Gasteiger charge is -2.36. The molecular formula is C13H27N3O2S2. The maximum Gasteiger partial charge on any atom is 0.278 e. The Morgan fingerprint density at radius 3 is 1.95 bits per heavy atom. The van der Waals surface area contributed by atoms with Crippen LogP contribution < -0.4 is 15.2 Å². The topological polar surface area (TPSA) is 84.2 Å². The summed E-state index contributed by atoms with van der Waals surface area (Å²) in [4.78, 5) is 0.249. The second kappa shape index (κ2) is 6.68. The van der Waals surface area contributed by atoms with Crippen LogP contribution in [0.5, 0.6) is 0 Å². The summed E-state index contributed by atoms with van der Waals surface area (Å²) in [6, 6.07) is 0. The number of nitrogens with one attached hydrogen (secondary N) is 2. The monoisotopic (exact) mass is 321 g/mol. The molecule has 20 heavy (non-hydrogen) atoms. The Kier molecular flexibility index (Phi) is 5.95. The van der Waals surface area contributed by atoms with Crippen molar-refractivity contribution in [3.63, 3.8) is 0 Å². The third kappa shape index (κ3) is 5.63. The molecule has 0 aromatic carbocycles. The van der Waals surface area contributed by atoms with Crippen LogP contribution >= 0.6 is 12.2 Å². The summed E-state index contributed by atoms with van der Waals surface area (Å²) in [5, 5.41) is 0. The van der Waals surface area contributed by atoms with Crippen molar-refractivity contribution in [1.29, 1.82) is 0 Å². The van der Waals surface area contributed by atoms with E-state index in [0.717, 1.165) is 25.7 Å². The molecule has 0 heterocycles. The van der Waals surface area contributed by atoms with Gasteiger partial charge in [-0.1, -0.05) is 44.3 Å². The molecule has 4 N–H and O–H groups in total. The van der Waals surface area contributed by atoms with Gasteiger partial charge in [-0.15, -0.1) is 0 Å². The highest BCUT2D eigenvalue weighted by molar-refractivity contribution is 7.87. The molecule has 0 spiro atoms. The molecule has 1 aliphatic rings. The van der Waals surface area contributed by atoms with Gasteiger partial charge in [0.15, 0.2) is 0 Å². The average molecular weight is 322 g/mol. The zero-order chi connectivity index (χ0) is 15.4. The molecule has 0 bridgehead atoms. The quantitative estimate of drug-likeness (QED) is 0.691. The highest BCUT2D eigenvalue weighted by atomic mass is 32.2. The first-order chi connectivity index (χ1) is 9.06. The molecule has 0 atom stereocenters. The Balaban J connectivity index is 2.93. The molecule has 1 fully saturated rings. The highest BCUT2D eigenvalue weighted by Gasteiger charge is 2.38. The smallest absolute Gasteiger partial charge is 0.278 e. The number of rotatable bonds is 4. The maximum absolute atomic E-state index is 12.3. The Morgan fingerprint density at radius 2 is 1.55 bits per heavy atom. The van der Waals surface area contributed by atoms with E-state index in [1.165, 1.54) is 6.42 Å². The first kappa shape index (κ1) is 17.8. The second-order valence-corrected chi connectivity index (χ2v) is 8.53. The first-order valence-electron chi connectivity index (χ1n) is 7.19. The van der Waals surface area contributed by atoms with Gasteiger partial charge < -0.3 is 5.73 Å². The minimum Gasteiger partial charge on any atom is -0.392 e. The molecule has 0 aliphatic heterocycles. The Bertz CT molecular complexity index is 433. The van der Waals surface area contributed by atoms with Gasteiger partial charge in [0.05, 0.1) is 10.5 Å². The minimum atomic E-state index is -3.64. The fourth-order valence-corrected chi connectivity index (χ4v) is 4.60. The van der Waals surface area contributed by atoms with Crippen molar-refractivity contribution in [1.82, 2.24) is 9.44 Å². The summed E-state index contributed by atoms with van der Waals surface area (Å²) >= 11 is 5.16. The number of thiocarbonyl (C=S) groups is 1. The van der Waals surface area contributed by atoms with Crippen molar-refractivity contribution in [2.75, 3.05) is 0 Å². The highest BCUT2D eigenvalue weighted by Crippen LogP contribution is 2.27. The van der Waals surface area contributed by atoms with Crippen molar-refractivity contribution in [2.45, 2.75) is 76.8 Å². The van der Waals surface area contributed by atoms with E-state index in [4.69, 9.17) is 18.0 Å². The van der Waals surface area contributed by atoms with Crippen molar-refractivity contribution < 1.29 is 8.42 Å². The van der Waals surface area contributed by atoms with Gasteiger partial charge in [0, 0.05) is 5.54 Å². The van der Waals surface area contributed by atoms with Crippen molar-refractivity contribution in [2.24, 2.45) is 5.73 Å². The van der Waals surface area contributed by atoms with Gasteiger partial charge in [-0.25, -0.2) is 0 Å². The third-order valence-corrected chi connectivity index (χ3v) is 5.38. The third-order valence-electron chi connectivity index (χ3n) is 3.45. The molecule has 5 nitrogen and oxygen atoms in total. The van der Waals surface area contributed by atoms with Gasteiger partial charge in [-0.05, 0) is 33.6 Å². The molecule has 7 heteroatoms. The second-order valence-electron chi connectivity index (χ2n) is 6.67. The van der Waals surface area contributed by atoms with Crippen LogP contribution in [-0.2, 0) is 10.2 Å². The first-order valence-corrected chi connectivity index (χ1v) is 9.08. The van der Waals surface area contributed by atoms with E-state index < -0.39 is 21.3 Å². The van der Waals surface area contributed by atoms with E-state index in [1.807, 2.05) is 0 Å². The lowest BCUT2D eigenvalue weighted by molar-refractivity contribution is 0.366. The lowest BCUT2D eigenvalue weighted by Crippen LogP contribution is -2.61. The fourth-order valence-electron chi connectivity index (χ4n) is 2.59. The van der Waals surface area contributed by atoms with Gasteiger partial charge in [0.1, 0.15) is 0 Å². The Morgan fingerprint density at radius 1 is 1.10 bits per heavy atom. The number of hydrogen-bond donors (Lipinski definition) is 3. The number of hydrogen-bond acceptors (Lipinski definition) is 3. The summed E-state index contributed by atoms with van der Waals surface area (Å²) in [5.41, 5.74) is 4.55. The normalized spacial score (nSPS) is 20.9. The van der Waals surface area contributed by atoms with Gasteiger partial charge >= 0.3 is 0 Å². The molecule has 1 rings (SSSR count). The fraction of sp³-hybridized carbons (Fsp3) is 0.923. The molecule has 118 valence electrons. The van der Waals surface area contributed by atoms with Crippen LogP contribution in [0, 0.1) is 0 Å². The molecule has 0 saturated heterocycles. The van der Waals surface area contributed by atoms with E-state index >= 15 is 0 Å². The molecule has 1 aliphatic carbocycles. The molecule has 0 radical (unpaired) electrons. The average Bonchev–Trinajstić information content (AvgIpc) is 2.17. The Labute approximate surface area is 128 Å². The summed E-state index contributed by atoms with van der Waals surface area (Å²) in [6.07, 6.45) is 6.61. The van der Waals surface area contributed by atoms with Gasteiger partial charge in [-0.2, -0.15) is 17.9 Å². The van der Waals surface area contributed by atoms with Crippen molar-refractivity contribution in [3.8, 4) is 0 Å². The van der Waals surface area contributed by atoms with Crippen LogP contribution in [-0.4, -0.2) is 24.5 Å². The maximum atomic E-state index is 12.3. The zero-order valence-electron chi connectivity index (χ0n) is 12.7. The van der Waals surface area contributed by atoms with Gasteiger partial charge in [0.2, 0.25) is 0 Å². The van der Waals surface area contributed by atoms with Crippen LogP contribution in [0.1, 0.15) is 65.7 Å². The van der Waals surface area contributed by atoms with Crippen LogP contribution in [0.3, 0.4) is 0 Å². The van der Waals surface area contributed by atoms with Crippen LogP contribution in [0.15, 0.2) is 0 Å². The van der Waals surface area contributed by atoms with Crippen molar-refractivity contribution in [3.05, 3.63) is 0 Å². The van der Waals surface area contributed by atoms with E-state index in [1.54, 1.807) is 20.8 Å². The zero-order valence-corrected chi connectivity index (χ0v) is 14.3. The summed E-state index contributed by atoms with van der Waals surface area (Å²) < 4.78 is 29.9. The summed E-state index contributed by atoms with van der Waals surface area (Å²) in [7, 11) is -3.64. The molecule has 0 amide bonds. The van der Waals surface area contributed by atoms with E-state index in [0.29, 0.717) is 12.8 Å². The predicted octanol–water partition coefficient (Wildman–Crippen LogP) is 1.98. The van der Waals surface area contributed by atoms with Crippen LogP contribution in [0.25, 0.3) is 0 Å². The van der Waals surface area contributed by atoms with Crippen molar-refractivity contribution >= 4 is 27.4 Å². The van der Waals surface area contributed by atoms with Crippen LogP contribution in [0.2, 0.25) is 0 Å². The van der Waals surface area contributed by atoms with Gasteiger partial charge in [-0.3, -0.25) is 0 Å². The van der Waals surface area contributed by atoms with Crippen LogP contribution in [0.4, 0.5) is 0 Å². The predicted molar refractivity (Wildman–Crippen MR) is 86.8 cm³/mol. The van der Waals surface area contributed by atoms with E-state index in [2.05, 4.69) is 9.44 Å². The molecule has 0 aromatic rings. The lowest BCUT2D eigenvalue weighted by atomic mass is 9.85. The SMILES string of the molecule is CC(C)(C)NS(=O)(=O)NC1(C(N)=S)CCCCCCC1. The molecule has 1 saturated carbocycles. The van der Waals surface area contributed by atoms with E-state index in [-0.39, 0.29) is 4.99 Å². The summed E-state index contributed by atoms with van der Waals surface area (Å²) in [5.74, 6) is 0. The minimum absolute atomic E-state index is 0.249. The van der Waals surface area contributed by atoms with E-state index in [9.17, 15) is 8.42 Å². The standard InChI is InChI=1S/C13H27N3O2S2/c1-12(2,3)15-20(17,18)16-13(11(14)19)9-7-5-4-6-8-10-13/h15-16H,4-10H2,1-3H3,(H2,14,19). The molecule has 0 unspecified atom stereocenters.